The van der Waals surface area contributed by atoms with Crippen LogP contribution in [0.4, 0.5) is 21.1 Å². The molecule has 6 amide bonds. The second-order valence-electron chi connectivity index (χ2n) is 13.4. The van der Waals surface area contributed by atoms with Crippen LogP contribution >= 0.6 is 0 Å². The minimum atomic E-state index is -1.07. The topological polar surface area (TPSA) is 155 Å². The van der Waals surface area contributed by atoms with Crippen LogP contribution in [0.25, 0.3) is 0 Å². The lowest BCUT2D eigenvalue weighted by Gasteiger charge is -2.35. The van der Waals surface area contributed by atoms with E-state index in [0.29, 0.717) is 50.3 Å². The number of carbonyl (C=O) groups is 5. The van der Waals surface area contributed by atoms with E-state index < -0.39 is 11.5 Å². The molecule has 256 valence electrons. The van der Waals surface area contributed by atoms with Gasteiger partial charge in [0.1, 0.15) is 12.4 Å². The van der Waals surface area contributed by atoms with E-state index in [1.807, 2.05) is 54.6 Å². The average molecular weight is 668 g/mol. The number of hydrogen-bond donors (Lipinski definition) is 3. The van der Waals surface area contributed by atoms with Crippen molar-refractivity contribution in [3.63, 3.8) is 0 Å². The van der Waals surface area contributed by atoms with Gasteiger partial charge in [-0.25, -0.2) is 14.6 Å². The first-order chi connectivity index (χ1) is 23.4. The van der Waals surface area contributed by atoms with E-state index >= 15 is 0 Å². The number of carboxylic acid groups (broad SMARTS) is 1. The number of urea groups is 1. The van der Waals surface area contributed by atoms with E-state index in [1.54, 1.807) is 25.2 Å². The minimum absolute atomic E-state index is 0.0797. The second-order valence-corrected chi connectivity index (χ2v) is 13.4. The Morgan fingerprint density at radius 1 is 0.959 bits per heavy atom. The molecule has 49 heavy (non-hydrogen) atoms. The van der Waals surface area contributed by atoms with Crippen LogP contribution in [0.1, 0.15) is 40.7 Å². The van der Waals surface area contributed by atoms with Crippen LogP contribution in [-0.2, 0) is 45.7 Å². The SMILES string of the molecule is CN(C)C(=O)N1CCC(C(=O)N(CC(=O)Nc2ccc3c(c2)CC2(C3)C(=O)Nc3ncccc32)Cc2ccccc2CN(C)C(=O)O)CC1. The smallest absolute Gasteiger partial charge is 0.407 e. The molecule has 13 heteroatoms. The largest absolute Gasteiger partial charge is 0.465 e. The van der Waals surface area contributed by atoms with Crippen LogP contribution in [0.3, 0.4) is 0 Å². The molecule has 2 aromatic carbocycles. The Bertz CT molecular complexity index is 1800. The number of likely N-dealkylation sites (tertiary alicyclic amines) is 1. The zero-order valence-corrected chi connectivity index (χ0v) is 27.9. The summed E-state index contributed by atoms with van der Waals surface area (Å²) < 4.78 is 0. The van der Waals surface area contributed by atoms with E-state index in [2.05, 4.69) is 15.6 Å². The van der Waals surface area contributed by atoms with E-state index in [4.69, 9.17) is 0 Å². The molecule has 1 atom stereocenters. The number of benzene rings is 2. The molecule has 1 aromatic heterocycles. The van der Waals surface area contributed by atoms with Crippen LogP contribution in [0.15, 0.2) is 60.8 Å². The fourth-order valence-corrected chi connectivity index (χ4v) is 7.18. The van der Waals surface area contributed by atoms with Gasteiger partial charge in [-0.1, -0.05) is 36.4 Å². The van der Waals surface area contributed by atoms with Crippen LogP contribution in [0, 0.1) is 5.92 Å². The van der Waals surface area contributed by atoms with Crippen molar-refractivity contribution in [2.75, 3.05) is 51.4 Å². The van der Waals surface area contributed by atoms with Crippen molar-refractivity contribution >= 4 is 41.4 Å². The molecule has 3 N–H and O–H groups in total. The molecule has 0 bridgehead atoms. The summed E-state index contributed by atoms with van der Waals surface area (Å²) >= 11 is 0. The van der Waals surface area contributed by atoms with Gasteiger partial charge in [-0.15, -0.1) is 0 Å². The van der Waals surface area contributed by atoms with Crippen LogP contribution in [0.5, 0.6) is 0 Å². The summed E-state index contributed by atoms with van der Waals surface area (Å²) in [6.45, 7) is 0.883. The zero-order valence-electron chi connectivity index (χ0n) is 27.9. The van der Waals surface area contributed by atoms with Gasteiger partial charge in [0.15, 0.2) is 0 Å². The molecule has 6 rings (SSSR count). The van der Waals surface area contributed by atoms with Gasteiger partial charge < -0.3 is 35.3 Å². The highest BCUT2D eigenvalue weighted by Crippen LogP contribution is 2.47. The number of pyridine rings is 1. The van der Waals surface area contributed by atoms with Crippen LogP contribution in [-0.4, -0.2) is 100 Å². The maximum Gasteiger partial charge on any atom is 0.407 e. The third-order valence-electron chi connectivity index (χ3n) is 9.82. The van der Waals surface area contributed by atoms with Crippen molar-refractivity contribution in [3.05, 3.63) is 88.6 Å². The molecule has 3 aliphatic rings. The van der Waals surface area contributed by atoms with Gasteiger partial charge in [0.25, 0.3) is 0 Å². The molecule has 1 fully saturated rings. The predicted octanol–water partition coefficient (Wildman–Crippen LogP) is 3.54. The van der Waals surface area contributed by atoms with E-state index in [0.717, 1.165) is 32.7 Å². The van der Waals surface area contributed by atoms with E-state index in [9.17, 15) is 29.1 Å². The summed E-state index contributed by atoms with van der Waals surface area (Å²) in [4.78, 5) is 75.1. The van der Waals surface area contributed by atoms with Gasteiger partial charge in [0, 0.05) is 70.7 Å². The highest BCUT2D eigenvalue weighted by molar-refractivity contribution is 6.06. The zero-order chi connectivity index (χ0) is 34.9. The normalized spacial score (nSPS) is 18.0. The Hall–Kier alpha value is -5.46. The van der Waals surface area contributed by atoms with Gasteiger partial charge in [-0.05, 0) is 66.1 Å². The molecule has 1 unspecified atom stereocenters. The Morgan fingerprint density at radius 2 is 1.65 bits per heavy atom. The quantitative estimate of drug-likeness (QED) is 0.332. The van der Waals surface area contributed by atoms with Gasteiger partial charge in [0.05, 0.1) is 5.41 Å². The fraction of sp³-hybridized carbons (Fsp3) is 0.389. The number of anilines is 2. The third-order valence-corrected chi connectivity index (χ3v) is 9.82. The van der Waals surface area contributed by atoms with Gasteiger partial charge >= 0.3 is 12.1 Å². The molecule has 3 aromatic rings. The van der Waals surface area contributed by atoms with Gasteiger partial charge in [0.2, 0.25) is 17.7 Å². The number of nitrogens with zero attached hydrogens (tertiary/aromatic N) is 5. The first-order valence-corrected chi connectivity index (χ1v) is 16.4. The lowest BCUT2D eigenvalue weighted by atomic mass is 9.79. The van der Waals surface area contributed by atoms with Crippen molar-refractivity contribution in [1.29, 1.82) is 0 Å². The second kappa shape index (κ2) is 13.6. The van der Waals surface area contributed by atoms with Crippen molar-refractivity contribution in [1.82, 2.24) is 24.6 Å². The highest BCUT2D eigenvalue weighted by atomic mass is 16.4. The summed E-state index contributed by atoms with van der Waals surface area (Å²) in [5, 5.41) is 15.3. The first kappa shape index (κ1) is 33.4. The summed E-state index contributed by atoms with van der Waals surface area (Å²) in [6, 6.07) is 16.6. The molecule has 13 nitrogen and oxygen atoms in total. The number of aromatic nitrogens is 1. The molecule has 3 heterocycles. The molecular formula is C36H41N7O6. The van der Waals surface area contributed by atoms with Crippen LogP contribution in [0.2, 0.25) is 0 Å². The number of rotatable bonds is 8. The van der Waals surface area contributed by atoms with Gasteiger partial charge in [-0.2, -0.15) is 0 Å². The molecule has 2 aliphatic heterocycles. The fourth-order valence-electron chi connectivity index (χ4n) is 7.18. The Balaban J connectivity index is 1.19. The predicted molar refractivity (Wildman–Crippen MR) is 182 cm³/mol. The summed E-state index contributed by atoms with van der Waals surface area (Å²) in [5.41, 5.74) is 4.19. The molecule has 0 radical (unpaired) electrons. The monoisotopic (exact) mass is 667 g/mol. The third kappa shape index (κ3) is 6.78. The lowest BCUT2D eigenvalue weighted by molar-refractivity contribution is -0.140. The van der Waals surface area contributed by atoms with Crippen molar-refractivity contribution in [3.8, 4) is 0 Å². The minimum Gasteiger partial charge on any atom is -0.465 e. The molecule has 1 aliphatic carbocycles. The lowest BCUT2D eigenvalue weighted by Crippen LogP contribution is -2.48. The van der Waals surface area contributed by atoms with Crippen LogP contribution < -0.4 is 10.6 Å². The molecule has 1 saturated heterocycles. The molecule has 1 spiro atoms. The number of piperidine rings is 1. The Morgan fingerprint density at radius 3 is 2.35 bits per heavy atom. The maximum atomic E-state index is 14.1. The Kier molecular flexibility index (Phi) is 9.26. The summed E-state index contributed by atoms with van der Waals surface area (Å²) in [7, 11) is 4.87. The Labute approximate surface area is 284 Å². The highest BCUT2D eigenvalue weighted by Gasteiger charge is 2.51. The van der Waals surface area contributed by atoms with Crippen molar-refractivity contribution in [2.24, 2.45) is 5.92 Å². The molecular weight excluding hydrogens is 626 g/mol. The van der Waals surface area contributed by atoms with E-state index in [-0.39, 0.29) is 49.3 Å². The summed E-state index contributed by atoms with van der Waals surface area (Å²) in [6.07, 6.45) is 2.55. The average Bonchev–Trinajstić information content (AvgIpc) is 3.60. The number of amides is 6. The standard InChI is InChI=1S/C36H41N7O6/c1-40(2)34(47)42-15-12-23(13-16-42)32(45)43(21-26-8-5-4-7-25(26)20-41(3)35(48)49)22-30(44)38-28-11-10-24-18-36(19-27(24)17-28)29-9-6-14-37-31(29)39-33(36)46/h4-11,14,17,23H,12-13,15-16,18-22H2,1-3H3,(H,38,44)(H,48,49)(H,37,39,46). The molecule has 0 saturated carbocycles. The number of carbonyl (C=O) groups excluding carboxylic acids is 4. The van der Waals surface area contributed by atoms with E-state index in [1.165, 1.54) is 16.8 Å². The van der Waals surface area contributed by atoms with Gasteiger partial charge in [-0.3, -0.25) is 14.4 Å². The number of nitrogens with one attached hydrogen (secondary N) is 2. The van der Waals surface area contributed by atoms with Crippen molar-refractivity contribution < 1.29 is 29.1 Å². The first-order valence-electron chi connectivity index (χ1n) is 16.4. The number of fused-ring (bicyclic) bond motifs is 3. The maximum absolute atomic E-state index is 14.1. The number of hydrogen-bond acceptors (Lipinski definition) is 6. The van der Waals surface area contributed by atoms with Crippen molar-refractivity contribution in [2.45, 2.75) is 44.2 Å². The summed E-state index contributed by atoms with van der Waals surface area (Å²) in [5.74, 6) is -0.439.